The van der Waals surface area contributed by atoms with Crippen LogP contribution in [0.1, 0.15) is 37.7 Å². The first-order valence-electron chi connectivity index (χ1n) is 9.09. The molecule has 0 aliphatic carbocycles. The zero-order valence-electron chi connectivity index (χ0n) is 15.6. The van der Waals surface area contributed by atoms with Gasteiger partial charge >= 0.3 is 0 Å². The Morgan fingerprint density at radius 2 is 2.08 bits per heavy atom. The van der Waals surface area contributed by atoms with Gasteiger partial charge in [-0.1, -0.05) is 6.42 Å². The third kappa shape index (κ3) is 6.10. The Morgan fingerprint density at radius 1 is 1.23 bits per heavy atom. The van der Waals surface area contributed by atoms with Crippen LogP contribution in [0.2, 0.25) is 0 Å². The highest BCUT2D eigenvalue weighted by Gasteiger charge is 2.15. The molecule has 1 heterocycles. The molecule has 2 amide bonds. The number of likely N-dealkylation sites (tertiary alicyclic amines) is 1. The Hall–Kier alpha value is -2.50. The van der Waals surface area contributed by atoms with E-state index in [1.54, 1.807) is 32.4 Å². The number of hydrogen-bond donors (Lipinski definition) is 1. The van der Waals surface area contributed by atoms with E-state index >= 15 is 0 Å². The number of benzene rings is 1. The topological polar surface area (TPSA) is 67.9 Å². The molecule has 0 unspecified atom stereocenters. The highest BCUT2D eigenvalue weighted by atomic mass is 16.5. The van der Waals surface area contributed by atoms with Crippen LogP contribution in [0.5, 0.6) is 11.5 Å². The van der Waals surface area contributed by atoms with Crippen molar-refractivity contribution >= 4 is 17.9 Å². The average molecular weight is 360 g/mol. The minimum Gasteiger partial charge on any atom is -0.497 e. The fourth-order valence-corrected chi connectivity index (χ4v) is 2.95. The van der Waals surface area contributed by atoms with E-state index in [0.29, 0.717) is 31.0 Å². The van der Waals surface area contributed by atoms with Crippen molar-refractivity contribution in [2.45, 2.75) is 32.1 Å². The zero-order chi connectivity index (χ0) is 18.8. The molecule has 0 bridgehead atoms. The fraction of sp³-hybridized carbons (Fsp3) is 0.500. The van der Waals surface area contributed by atoms with Gasteiger partial charge in [-0.3, -0.25) is 9.59 Å². The lowest BCUT2D eigenvalue weighted by molar-refractivity contribution is -0.130. The summed E-state index contributed by atoms with van der Waals surface area (Å²) in [6.45, 7) is 2.08. The lowest BCUT2D eigenvalue weighted by atomic mass is 10.1. The molecule has 1 saturated heterocycles. The summed E-state index contributed by atoms with van der Waals surface area (Å²) in [5.41, 5.74) is 0.775. The van der Waals surface area contributed by atoms with E-state index in [2.05, 4.69) is 5.32 Å². The molecule has 1 fully saturated rings. The van der Waals surface area contributed by atoms with Crippen molar-refractivity contribution < 1.29 is 19.1 Å². The average Bonchev–Trinajstić information content (AvgIpc) is 2.87. The van der Waals surface area contributed by atoms with Crippen molar-refractivity contribution in [1.29, 1.82) is 0 Å². The van der Waals surface area contributed by atoms with Crippen molar-refractivity contribution in [3.05, 3.63) is 29.8 Å². The van der Waals surface area contributed by atoms with Gasteiger partial charge in [0.2, 0.25) is 11.8 Å². The van der Waals surface area contributed by atoms with Gasteiger partial charge in [0.1, 0.15) is 11.5 Å². The van der Waals surface area contributed by atoms with Gasteiger partial charge in [-0.05, 0) is 43.5 Å². The van der Waals surface area contributed by atoms with Crippen LogP contribution in [-0.2, 0) is 9.59 Å². The minimum absolute atomic E-state index is 0.169. The van der Waals surface area contributed by atoms with Crippen molar-refractivity contribution in [2.24, 2.45) is 0 Å². The molecule has 0 atom stereocenters. The van der Waals surface area contributed by atoms with Crippen molar-refractivity contribution in [3.63, 3.8) is 0 Å². The molecule has 1 N–H and O–H groups in total. The number of carbonyl (C=O) groups is 2. The molecule has 1 aromatic carbocycles. The van der Waals surface area contributed by atoms with E-state index in [1.807, 2.05) is 11.0 Å². The van der Waals surface area contributed by atoms with Crippen molar-refractivity contribution in [3.8, 4) is 11.5 Å². The van der Waals surface area contributed by atoms with Gasteiger partial charge in [0.05, 0.1) is 14.2 Å². The summed E-state index contributed by atoms with van der Waals surface area (Å²) in [7, 11) is 3.18. The lowest BCUT2D eigenvalue weighted by Crippen LogP contribution is -2.33. The predicted molar refractivity (Wildman–Crippen MR) is 101 cm³/mol. The molecule has 0 aromatic heterocycles. The van der Waals surface area contributed by atoms with E-state index in [-0.39, 0.29) is 11.8 Å². The monoisotopic (exact) mass is 360 g/mol. The van der Waals surface area contributed by atoms with Crippen LogP contribution in [0.3, 0.4) is 0 Å². The molecular formula is C20H28N2O4. The van der Waals surface area contributed by atoms with Gasteiger partial charge in [-0.15, -0.1) is 0 Å². The van der Waals surface area contributed by atoms with E-state index in [4.69, 9.17) is 9.47 Å². The lowest BCUT2D eigenvalue weighted by Gasteiger charge is -2.20. The number of nitrogens with one attached hydrogen (secondary N) is 1. The van der Waals surface area contributed by atoms with Gasteiger partial charge in [0.15, 0.2) is 0 Å². The number of carbonyl (C=O) groups excluding carboxylic acids is 2. The third-order valence-corrected chi connectivity index (χ3v) is 4.43. The quantitative estimate of drug-likeness (QED) is 0.572. The number of amides is 2. The van der Waals surface area contributed by atoms with Gasteiger partial charge in [-0.25, -0.2) is 0 Å². The second-order valence-electron chi connectivity index (χ2n) is 6.28. The summed E-state index contributed by atoms with van der Waals surface area (Å²) in [6.07, 6.45) is 7.78. The Balaban J connectivity index is 1.78. The van der Waals surface area contributed by atoms with Crippen molar-refractivity contribution in [1.82, 2.24) is 10.2 Å². The first kappa shape index (κ1) is 19.8. The van der Waals surface area contributed by atoms with Crippen LogP contribution in [-0.4, -0.2) is 50.6 Å². The largest absolute Gasteiger partial charge is 0.497 e. The summed E-state index contributed by atoms with van der Waals surface area (Å²) in [4.78, 5) is 25.8. The van der Waals surface area contributed by atoms with Crippen LogP contribution >= 0.6 is 0 Å². The summed E-state index contributed by atoms with van der Waals surface area (Å²) in [6, 6.07) is 5.42. The first-order valence-corrected chi connectivity index (χ1v) is 9.09. The van der Waals surface area contributed by atoms with Crippen LogP contribution in [0, 0.1) is 0 Å². The Labute approximate surface area is 155 Å². The molecule has 6 nitrogen and oxygen atoms in total. The van der Waals surface area contributed by atoms with Gasteiger partial charge < -0.3 is 19.7 Å². The fourth-order valence-electron chi connectivity index (χ4n) is 2.95. The maximum absolute atomic E-state index is 12.0. The number of nitrogens with zero attached hydrogens (tertiary/aromatic N) is 1. The number of ether oxygens (including phenoxy) is 2. The summed E-state index contributed by atoms with van der Waals surface area (Å²) >= 11 is 0. The predicted octanol–water partition coefficient (Wildman–Crippen LogP) is 2.63. The summed E-state index contributed by atoms with van der Waals surface area (Å²) < 4.78 is 10.5. The minimum atomic E-state index is -0.169. The van der Waals surface area contributed by atoms with Gasteiger partial charge in [-0.2, -0.15) is 0 Å². The molecule has 6 heteroatoms. The summed E-state index contributed by atoms with van der Waals surface area (Å²) in [5.74, 6) is 1.44. The second-order valence-corrected chi connectivity index (χ2v) is 6.28. The van der Waals surface area contributed by atoms with Crippen molar-refractivity contribution in [2.75, 3.05) is 33.9 Å². The zero-order valence-corrected chi connectivity index (χ0v) is 15.6. The van der Waals surface area contributed by atoms with Gasteiger partial charge in [0, 0.05) is 37.7 Å². The smallest absolute Gasteiger partial charge is 0.244 e. The molecule has 1 aliphatic heterocycles. The SMILES string of the molecule is COc1ccc(OC)c(/C=C/C(=O)NCCCN2CCCCCC2=O)c1. The van der Waals surface area contributed by atoms with Crippen LogP contribution in [0.25, 0.3) is 6.08 Å². The molecule has 26 heavy (non-hydrogen) atoms. The molecule has 2 rings (SSSR count). The van der Waals surface area contributed by atoms with E-state index in [9.17, 15) is 9.59 Å². The van der Waals surface area contributed by atoms with E-state index in [0.717, 1.165) is 37.8 Å². The maximum Gasteiger partial charge on any atom is 0.244 e. The Bertz CT molecular complexity index is 643. The van der Waals surface area contributed by atoms with Crippen LogP contribution < -0.4 is 14.8 Å². The van der Waals surface area contributed by atoms with Crippen LogP contribution in [0.15, 0.2) is 24.3 Å². The molecule has 0 saturated carbocycles. The third-order valence-electron chi connectivity index (χ3n) is 4.43. The normalized spacial score (nSPS) is 15.0. The Kier molecular flexibility index (Phi) is 7.99. The molecule has 0 radical (unpaired) electrons. The second kappa shape index (κ2) is 10.5. The number of methoxy groups -OCH3 is 2. The summed E-state index contributed by atoms with van der Waals surface area (Å²) in [5, 5.41) is 2.85. The highest BCUT2D eigenvalue weighted by molar-refractivity contribution is 5.92. The van der Waals surface area contributed by atoms with E-state index in [1.165, 1.54) is 6.08 Å². The molecule has 0 spiro atoms. The molecule has 142 valence electrons. The standard InChI is InChI=1S/C20H28N2O4/c1-25-17-9-10-18(26-2)16(15-17)8-11-19(23)21-12-6-14-22-13-5-3-4-7-20(22)24/h8-11,15H,3-7,12-14H2,1-2H3,(H,21,23)/b11-8+. The number of rotatable bonds is 8. The Morgan fingerprint density at radius 3 is 2.85 bits per heavy atom. The van der Waals surface area contributed by atoms with Crippen LogP contribution in [0.4, 0.5) is 0 Å². The first-order chi connectivity index (χ1) is 12.6. The van der Waals surface area contributed by atoms with Gasteiger partial charge in [0.25, 0.3) is 0 Å². The molecule has 1 aliphatic rings. The number of hydrogen-bond acceptors (Lipinski definition) is 4. The molecule has 1 aromatic rings. The maximum atomic E-state index is 12.0. The molecular weight excluding hydrogens is 332 g/mol. The highest BCUT2D eigenvalue weighted by Crippen LogP contribution is 2.24. The van der Waals surface area contributed by atoms with E-state index < -0.39 is 0 Å².